The molecule has 1 aliphatic carbocycles. The van der Waals surface area contributed by atoms with E-state index in [2.05, 4.69) is 16.3 Å². The molecule has 1 fully saturated rings. The summed E-state index contributed by atoms with van der Waals surface area (Å²) in [4.78, 5) is 2.09. The van der Waals surface area contributed by atoms with Crippen molar-refractivity contribution in [3.8, 4) is 0 Å². The Balaban J connectivity index is 1.94. The molecule has 0 bridgehead atoms. The molecule has 1 aliphatic heterocycles. The second-order valence-electron chi connectivity index (χ2n) is 3.87. The molecular formula is C10H18N2O. The summed E-state index contributed by atoms with van der Waals surface area (Å²) in [5.74, 6) is 0. The van der Waals surface area contributed by atoms with Gasteiger partial charge in [0.1, 0.15) is 6.23 Å². The lowest BCUT2D eigenvalue weighted by molar-refractivity contribution is 0.0464. The van der Waals surface area contributed by atoms with E-state index < -0.39 is 0 Å². The van der Waals surface area contributed by atoms with Gasteiger partial charge in [-0.15, -0.1) is 0 Å². The maximum atomic E-state index is 9.99. The van der Waals surface area contributed by atoms with Crippen LogP contribution in [-0.4, -0.2) is 36.0 Å². The third-order valence-electron chi connectivity index (χ3n) is 2.89. The predicted octanol–water partition coefficient (Wildman–Crippen LogP) is 0.668. The van der Waals surface area contributed by atoms with Gasteiger partial charge in [0, 0.05) is 13.1 Å². The molecule has 2 aliphatic rings. The van der Waals surface area contributed by atoms with Crippen molar-refractivity contribution in [3.05, 3.63) is 11.6 Å². The molecule has 2 N–H and O–H groups in total. The normalized spacial score (nSPS) is 27.3. The van der Waals surface area contributed by atoms with Gasteiger partial charge >= 0.3 is 0 Å². The summed E-state index contributed by atoms with van der Waals surface area (Å²) in [7, 11) is 0. The van der Waals surface area contributed by atoms with Gasteiger partial charge in [0.25, 0.3) is 0 Å². The van der Waals surface area contributed by atoms with Gasteiger partial charge in [0.05, 0.1) is 6.67 Å². The lowest BCUT2D eigenvalue weighted by Crippen LogP contribution is -2.35. The van der Waals surface area contributed by atoms with Crippen molar-refractivity contribution < 1.29 is 5.11 Å². The van der Waals surface area contributed by atoms with Gasteiger partial charge in [-0.25, -0.2) is 0 Å². The molecule has 1 saturated heterocycles. The zero-order chi connectivity index (χ0) is 9.10. The smallest absolute Gasteiger partial charge is 0.130 e. The fraction of sp³-hybridized carbons (Fsp3) is 0.800. The molecule has 2 rings (SSSR count). The number of hydrogen-bond acceptors (Lipinski definition) is 3. The van der Waals surface area contributed by atoms with Crippen LogP contribution in [0.4, 0.5) is 0 Å². The Morgan fingerprint density at radius 3 is 3.00 bits per heavy atom. The van der Waals surface area contributed by atoms with Crippen LogP contribution in [0.25, 0.3) is 0 Å². The molecule has 0 aromatic carbocycles. The highest BCUT2D eigenvalue weighted by Gasteiger charge is 2.22. The molecule has 0 radical (unpaired) electrons. The molecule has 0 aromatic heterocycles. The molecule has 0 aromatic rings. The molecule has 1 unspecified atom stereocenters. The first-order chi connectivity index (χ1) is 6.38. The molecule has 1 heterocycles. The van der Waals surface area contributed by atoms with E-state index in [0.717, 1.165) is 32.6 Å². The third-order valence-corrected chi connectivity index (χ3v) is 2.89. The fourth-order valence-electron chi connectivity index (χ4n) is 2.07. The minimum absolute atomic E-state index is 0.324. The van der Waals surface area contributed by atoms with Crippen LogP contribution in [0.3, 0.4) is 0 Å². The maximum Gasteiger partial charge on any atom is 0.130 e. The fourth-order valence-corrected chi connectivity index (χ4v) is 2.07. The number of aliphatic hydroxyl groups is 1. The summed E-state index contributed by atoms with van der Waals surface area (Å²) in [5, 5.41) is 13.2. The molecule has 13 heavy (non-hydrogen) atoms. The first kappa shape index (κ1) is 9.19. The molecule has 0 saturated carbocycles. The number of allylic oxidation sites excluding steroid dienone is 1. The molecule has 74 valence electrons. The van der Waals surface area contributed by atoms with Crippen LogP contribution >= 0.6 is 0 Å². The summed E-state index contributed by atoms with van der Waals surface area (Å²) in [6, 6.07) is 0. The Kier molecular flexibility index (Phi) is 2.98. The highest BCUT2D eigenvalue weighted by atomic mass is 16.3. The van der Waals surface area contributed by atoms with E-state index in [0.29, 0.717) is 0 Å². The topological polar surface area (TPSA) is 35.5 Å². The van der Waals surface area contributed by atoms with Crippen molar-refractivity contribution in [1.82, 2.24) is 10.2 Å². The number of nitrogens with one attached hydrogen (secondary N) is 1. The second kappa shape index (κ2) is 4.22. The van der Waals surface area contributed by atoms with Gasteiger partial charge in [-0.2, -0.15) is 0 Å². The standard InChI is InChI=1S/C10H18N2O/c13-10(12-7-6-11-8-12)9-4-2-1-3-5-9/h4,10-11,13H,1-3,5-8H2. The van der Waals surface area contributed by atoms with Crippen molar-refractivity contribution in [3.63, 3.8) is 0 Å². The molecule has 3 heteroatoms. The maximum absolute atomic E-state index is 9.99. The van der Waals surface area contributed by atoms with Crippen molar-refractivity contribution in [1.29, 1.82) is 0 Å². The lowest BCUT2D eigenvalue weighted by atomic mass is 9.98. The van der Waals surface area contributed by atoms with Gasteiger partial charge in [0.15, 0.2) is 0 Å². The van der Waals surface area contributed by atoms with Crippen molar-refractivity contribution in [2.24, 2.45) is 0 Å². The van der Waals surface area contributed by atoms with Gasteiger partial charge < -0.3 is 10.4 Å². The van der Waals surface area contributed by atoms with Gasteiger partial charge in [-0.3, -0.25) is 4.90 Å². The number of aliphatic hydroxyl groups excluding tert-OH is 1. The van der Waals surface area contributed by atoms with Gasteiger partial charge in [-0.1, -0.05) is 6.08 Å². The van der Waals surface area contributed by atoms with Crippen LogP contribution < -0.4 is 5.32 Å². The zero-order valence-electron chi connectivity index (χ0n) is 8.00. The Bertz CT molecular complexity index is 197. The van der Waals surface area contributed by atoms with Crippen LogP contribution in [-0.2, 0) is 0 Å². The monoisotopic (exact) mass is 182 g/mol. The van der Waals surface area contributed by atoms with Crippen LogP contribution in [0, 0.1) is 0 Å². The summed E-state index contributed by atoms with van der Waals surface area (Å²) < 4.78 is 0. The summed E-state index contributed by atoms with van der Waals surface area (Å²) in [6.45, 7) is 2.81. The van der Waals surface area contributed by atoms with E-state index in [1.165, 1.54) is 18.4 Å². The molecule has 0 amide bonds. The van der Waals surface area contributed by atoms with Crippen LogP contribution in [0.1, 0.15) is 25.7 Å². The van der Waals surface area contributed by atoms with Crippen molar-refractivity contribution in [2.45, 2.75) is 31.9 Å². The average molecular weight is 182 g/mol. The Labute approximate surface area is 79.4 Å². The van der Waals surface area contributed by atoms with E-state index >= 15 is 0 Å². The first-order valence-corrected chi connectivity index (χ1v) is 5.20. The molecule has 3 nitrogen and oxygen atoms in total. The van der Waals surface area contributed by atoms with E-state index in [1.807, 2.05) is 0 Å². The highest BCUT2D eigenvalue weighted by Crippen LogP contribution is 2.22. The minimum atomic E-state index is -0.324. The van der Waals surface area contributed by atoms with E-state index in [1.54, 1.807) is 0 Å². The number of hydrogen-bond donors (Lipinski definition) is 2. The molecule has 0 spiro atoms. The highest BCUT2D eigenvalue weighted by molar-refractivity contribution is 5.10. The van der Waals surface area contributed by atoms with E-state index in [9.17, 15) is 5.11 Å². The van der Waals surface area contributed by atoms with Gasteiger partial charge in [0.2, 0.25) is 0 Å². The number of nitrogens with zero attached hydrogens (tertiary/aromatic N) is 1. The first-order valence-electron chi connectivity index (χ1n) is 5.20. The van der Waals surface area contributed by atoms with Crippen LogP contribution in [0.2, 0.25) is 0 Å². The summed E-state index contributed by atoms with van der Waals surface area (Å²) in [6.07, 6.45) is 6.64. The van der Waals surface area contributed by atoms with Crippen molar-refractivity contribution >= 4 is 0 Å². The third kappa shape index (κ3) is 2.10. The lowest BCUT2D eigenvalue weighted by Gasteiger charge is -2.26. The van der Waals surface area contributed by atoms with Crippen LogP contribution in [0.15, 0.2) is 11.6 Å². The Hall–Kier alpha value is -0.380. The van der Waals surface area contributed by atoms with Crippen LogP contribution in [0.5, 0.6) is 0 Å². The second-order valence-corrected chi connectivity index (χ2v) is 3.87. The zero-order valence-corrected chi connectivity index (χ0v) is 8.00. The summed E-state index contributed by atoms with van der Waals surface area (Å²) >= 11 is 0. The van der Waals surface area contributed by atoms with Crippen molar-refractivity contribution in [2.75, 3.05) is 19.8 Å². The number of rotatable bonds is 2. The van der Waals surface area contributed by atoms with E-state index in [-0.39, 0.29) is 6.23 Å². The average Bonchev–Trinajstić information content (AvgIpc) is 2.71. The Morgan fingerprint density at radius 2 is 2.38 bits per heavy atom. The largest absolute Gasteiger partial charge is 0.374 e. The quantitative estimate of drug-likeness (QED) is 0.616. The molecule has 1 atom stereocenters. The van der Waals surface area contributed by atoms with E-state index in [4.69, 9.17) is 0 Å². The Morgan fingerprint density at radius 1 is 1.46 bits per heavy atom. The van der Waals surface area contributed by atoms with Gasteiger partial charge in [-0.05, 0) is 31.3 Å². The molecular weight excluding hydrogens is 164 g/mol. The minimum Gasteiger partial charge on any atom is -0.374 e. The summed E-state index contributed by atoms with van der Waals surface area (Å²) in [5.41, 5.74) is 1.23. The SMILES string of the molecule is OC(C1=CCCCC1)N1CCNC1. The predicted molar refractivity (Wildman–Crippen MR) is 52.1 cm³/mol.